The van der Waals surface area contributed by atoms with Crippen molar-refractivity contribution >= 4 is 5.97 Å². The lowest BCUT2D eigenvalue weighted by molar-refractivity contribution is -0.137. The minimum Gasteiger partial charge on any atom is -0.489 e. The Labute approximate surface area is 159 Å². The third-order valence-electron chi connectivity index (χ3n) is 4.24. The van der Waals surface area contributed by atoms with Gasteiger partial charge in [0.1, 0.15) is 23.9 Å². The molecule has 4 heteroatoms. The molecular weight excluding hydrogens is 340 g/mol. The van der Waals surface area contributed by atoms with Crippen LogP contribution in [0.1, 0.15) is 30.4 Å². The minimum atomic E-state index is -0.794. The highest BCUT2D eigenvalue weighted by atomic mass is 16.5. The van der Waals surface area contributed by atoms with Crippen LogP contribution in [0.2, 0.25) is 0 Å². The lowest BCUT2D eigenvalue weighted by atomic mass is 9.98. The number of hydrogen-bond acceptors (Lipinski definition) is 3. The van der Waals surface area contributed by atoms with Gasteiger partial charge in [0.05, 0.1) is 6.42 Å². The van der Waals surface area contributed by atoms with E-state index in [0.29, 0.717) is 18.1 Å². The monoisotopic (exact) mass is 362 g/mol. The SMILES string of the molecule is CC(CC(=O)O)c1ccc(Oc2ccc(OCc3ccccc3)cc2)cc1. The van der Waals surface area contributed by atoms with Crippen LogP contribution in [0.5, 0.6) is 17.2 Å². The van der Waals surface area contributed by atoms with Crippen molar-refractivity contribution in [3.8, 4) is 17.2 Å². The van der Waals surface area contributed by atoms with Gasteiger partial charge in [0.2, 0.25) is 0 Å². The van der Waals surface area contributed by atoms with Crippen LogP contribution in [-0.4, -0.2) is 11.1 Å². The fourth-order valence-corrected chi connectivity index (χ4v) is 2.73. The molecule has 3 aromatic rings. The van der Waals surface area contributed by atoms with E-state index >= 15 is 0 Å². The Kier molecular flexibility index (Phi) is 6.10. The summed E-state index contributed by atoms with van der Waals surface area (Å²) >= 11 is 0. The van der Waals surface area contributed by atoms with E-state index in [1.807, 2.05) is 85.8 Å². The molecule has 4 nitrogen and oxygen atoms in total. The molecule has 1 unspecified atom stereocenters. The molecule has 1 N–H and O–H groups in total. The fraction of sp³-hybridized carbons (Fsp3) is 0.174. The second kappa shape index (κ2) is 8.90. The zero-order valence-corrected chi connectivity index (χ0v) is 15.2. The Morgan fingerprint density at radius 1 is 0.852 bits per heavy atom. The van der Waals surface area contributed by atoms with Crippen LogP contribution in [0.25, 0.3) is 0 Å². The summed E-state index contributed by atoms with van der Waals surface area (Å²) in [4.78, 5) is 10.8. The van der Waals surface area contributed by atoms with E-state index in [2.05, 4.69) is 0 Å². The van der Waals surface area contributed by atoms with Gasteiger partial charge in [-0.1, -0.05) is 49.4 Å². The first kappa shape index (κ1) is 18.5. The molecule has 0 spiro atoms. The van der Waals surface area contributed by atoms with E-state index in [4.69, 9.17) is 14.6 Å². The lowest BCUT2D eigenvalue weighted by Gasteiger charge is -2.11. The van der Waals surface area contributed by atoms with Crippen molar-refractivity contribution in [1.82, 2.24) is 0 Å². The van der Waals surface area contributed by atoms with E-state index in [1.165, 1.54) is 0 Å². The Balaban J connectivity index is 1.55. The highest BCUT2D eigenvalue weighted by Gasteiger charge is 2.10. The van der Waals surface area contributed by atoms with Gasteiger partial charge in [0, 0.05) is 0 Å². The number of ether oxygens (including phenoxy) is 2. The van der Waals surface area contributed by atoms with Crippen molar-refractivity contribution in [2.75, 3.05) is 0 Å². The molecule has 0 saturated heterocycles. The van der Waals surface area contributed by atoms with Crippen molar-refractivity contribution in [3.63, 3.8) is 0 Å². The molecule has 0 aliphatic heterocycles. The number of carbonyl (C=O) groups is 1. The van der Waals surface area contributed by atoms with Crippen molar-refractivity contribution in [2.24, 2.45) is 0 Å². The quantitative estimate of drug-likeness (QED) is 0.564. The van der Waals surface area contributed by atoms with Gasteiger partial charge >= 0.3 is 5.97 Å². The van der Waals surface area contributed by atoms with Crippen LogP contribution in [0, 0.1) is 0 Å². The maximum Gasteiger partial charge on any atom is 0.303 e. The lowest BCUT2D eigenvalue weighted by Crippen LogP contribution is -2.02. The predicted octanol–water partition coefficient (Wildman–Crippen LogP) is 5.64. The smallest absolute Gasteiger partial charge is 0.303 e. The third-order valence-corrected chi connectivity index (χ3v) is 4.24. The molecule has 3 aromatic carbocycles. The summed E-state index contributed by atoms with van der Waals surface area (Å²) < 4.78 is 11.6. The molecule has 3 rings (SSSR count). The van der Waals surface area contributed by atoms with E-state index in [-0.39, 0.29) is 12.3 Å². The molecule has 0 heterocycles. The first-order valence-corrected chi connectivity index (χ1v) is 8.86. The number of hydrogen-bond donors (Lipinski definition) is 1. The Morgan fingerprint density at radius 2 is 1.41 bits per heavy atom. The van der Waals surface area contributed by atoms with Crippen molar-refractivity contribution in [2.45, 2.75) is 25.9 Å². The molecule has 0 saturated carbocycles. The van der Waals surface area contributed by atoms with Crippen molar-refractivity contribution in [1.29, 1.82) is 0 Å². The molecule has 27 heavy (non-hydrogen) atoms. The second-order valence-corrected chi connectivity index (χ2v) is 6.42. The van der Waals surface area contributed by atoms with Crippen LogP contribution in [0.15, 0.2) is 78.9 Å². The molecule has 0 amide bonds. The van der Waals surface area contributed by atoms with E-state index in [0.717, 1.165) is 16.9 Å². The van der Waals surface area contributed by atoms with Crippen LogP contribution in [-0.2, 0) is 11.4 Å². The Morgan fingerprint density at radius 3 is 2.00 bits per heavy atom. The van der Waals surface area contributed by atoms with Crippen molar-refractivity contribution < 1.29 is 19.4 Å². The van der Waals surface area contributed by atoms with E-state index in [9.17, 15) is 4.79 Å². The van der Waals surface area contributed by atoms with Gasteiger partial charge in [-0.3, -0.25) is 4.79 Å². The van der Waals surface area contributed by atoms with Crippen LogP contribution >= 0.6 is 0 Å². The zero-order chi connectivity index (χ0) is 19.1. The first-order chi connectivity index (χ1) is 13.1. The molecule has 0 radical (unpaired) electrons. The summed E-state index contributed by atoms with van der Waals surface area (Å²) in [6.07, 6.45) is 0.116. The fourth-order valence-electron chi connectivity index (χ4n) is 2.73. The summed E-state index contributed by atoms with van der Waals surface area (Å²) in [5.74, 6) is 1.38. The van der Waals surface area contributed by atoms with Crippen LogP contribution in [0.4, 0.5) is 0 Å². The van der Waals surface area contributed by atoms with Gasteiger partial charge < -0.3 is 14.6 Å². The Bertz CT molecular complexity index is 855. The highest BCUT2D eigenvalue weighted by Crippen LogP contribution is 2.27. The molecule has 0 aliphatic rings. The first-order valence-electron chi connectivity index (χ1n) is 8.86. The molecular formula is C23H22O4. The zero-order valence-electron chi connectivity index (χ0n) is 15.2. The maximum absolute atomic E-state index is 10.8. The largest absolute Gasteiger partial charge is 0.489 e. The summed E-state index contributed by atoms with van der Waals surface area (Å²) in [5, 5.41) is 8.89. The number of benzene rings is 3. The minimum absolute atomic E-state index is 0.0300. The van der Waals surface area contributed by atoms with E-state index in [1.54, 1.807) is 0 Å². The molecule has 138 valence electrons. The normalized spacial score (nSPS) is 11.6. The molecule has 0 fully saturated rings. The third kappa shape index (κ3) is 5.61. The van der Waals surface area contributed by atoms with Gasteiger partial charge in [-0.05, 0) is 53.4 Å². The average Bonchev–Trinajstić information content (AvgIpc) is 2.68. The summed E-state index contributed by atoms with van der Waals surface area (Å²) in [6.45, 7) is 2.43. The molecule has 0 bridgehead atoms. The molecule has 0 aliphatic carbocycles. The maximum atomic E-state index is 10.8. The van der Waals surface area contributed by atoms with Crippen LogP contribution in [0.3, 0.4) is 0 Å². The average molecular weight is 362 g/mol. The number of carboxylic acid groups (broad SMARTS) is 1. The highest BCUT2D eigenvalue weighted by molar-refractivity contribution is 5.68. The van der Waals surface area contributed by atoms with Gasteiger partial charge in [-0.2, -0.15) is 0 Å². The number of carboxylic acids is 1. The summed E-state index contributed by atoms with van der Waals surface area (Å²) in [6, 6.07) is 25.0. The molecule has 1 atom stereocenters. The molecule has 0 aromatic heterocycles. The van der Waals surface area contributed by atoms with Gasteiger partial charge in [0.15, 0.2) is 0 Å². The standard InChI is InChI=1S/C23H22O4/c1-17(15-23(24)25)19-7-9-21(10-8-19)27-22-13-11-20(12-14-22)26-16-18-5-3-2-4-6-18/h2-14,17H,15-16H2,1H3,(H,24,25). The summed E-state index contributed by atoms with van der Waals surface area (Å²) in [5.41, 5.74) is 2.10. The number of aliphatic carboxylic acids is 1. The van der Waals surface area contributed by atoms with Crippen LogP contribution < -0.4 is 9.47 Å². The number of rotatable bonds is 8. The second-order valence-electron chi connectivity index (χ2n) is 6.42. The predicted molar refractivity (Wildman–Crippen MR) is 104 cm³/mol. The van der Waals surface area contributed by atoms with Gasteiger partial charge in [-0.25, -0.2) is 0 Å². The van der Waals surface area contributed by atoms with E-state index < -0.39 is 5.97 Å². The van der Waals surface area contributed by atoms with Gasteiger partial charge in [0.25, 0.3) is 0 Å². The summed E-state index contributed by atoms with van der Waals surface area (Å²) in [7, 11) is 0. The van der Waals surface area contributed by atoms with Crippen molar-refractivity contribution in [3.05, 3.63) is 90.0 Å². The Hall–Kier alpha value is -3.27. The van der Waals surface area contributed by atoms with Gasteiger partial charge in [-0.15, -0.1) is 0 Å². The topological polar surface area (TPSA) is 55.8 Å².